The van der Waals surface area contributed by atoms with E-state index in [4.69, 9.17) is 0 Å². The van der Waals surface area contributed by atoms with E-state index in [2.05, 4.69) is 26.7 Å². The monoisotopic (exact) mass is 548 g/mol. The van der Waals surface area contributed by atoms with Crippen molar-refractivity contribution in [3.8, 4) is 0 Å². The number of nitrogens with zero attached hydrogens (tertiary/aromatic N) is 1. The summed E-state index contributed by atoms with van der Waals surface area (Å²) >= 11 is 3.47. The van der Waals surface area contributed by atoms with Crippen LogP contribution in [0.15, 0.2) is 94.3 Å². The van der Waals surface area contributed by atoms with Crippen LogP contribution in [0.1, 0.15) is 31.8 Å². The summed E-state index contributed by atoms with van der Waals surface area (Å²) in [5.74, 6) is -0.997. The number of amides is 2. The molecule has 0 aliphatic carbocycles. The minimum atomic E-state index is -4.09. The van der Waals surface area contributed by atoms with E-state index in [1.54, 1.807) is 23.1 Å². The molecule has 176 valence electrons. The second-order valence-corrected chi connectivity index (χ2v) is 11.0. The highest BCUT2D eigenvalue weighted by molar-refractivity contribution is 9.10. The fourth-order valence-corrected chi connectivity index (χ4v) is 5.67. The van der Waals surface area contributed by atoms with Crippen LogP contribution < -0.4 is 4.72 Å². The van der Waals surface area contributed by atoms with Crippen LogP contribution in [0.5, 0.6) is 0 Å². The molecule has 0 saturated carbocycles. The van der Waals surface area contributed by atoms with Gasteiger partial charge in [-0.3, -0.25) is 9.59 Å². The van der Waals surface area contributed by atoms with Crippen LogP contribution in [0.25, 0.3) is 10.8 Å². The first-order valence-corrected chi connectivity index (χ1v) is 13.3. The van der Waals surface area contributed by atoms with E-state index < -0.39 is 15.9 Å². The molecule has 2 amide bonds. The predicted octanol–water partition coefficient (Wildman–Crippen LogP) is 4.92. The van der Waals surface area contributed by atoms with Gasteiger partial charge in [0, 0.05) is 28.7 Å². The molecule has 4 aromatic carbocycles. The summed E-state index contributed by atoms with van der Waals surface area (Å²) in [5.41, 5.74) is 2.72. The van der Waals surface area contributed by atoms with Gasteiger partial charge in [0.1, 0.15) is 0 Å². The summed E-state index contributed by atoms with van der Waals surface area (Å²) in [5, 5.41) is 1.65. The summed E-state index contributed by atoms with van der Waals surface area (Å²) in [6.07, 6.45) is 0.749. The number of halogens is 1. The first kappa shape index (κ1) is 23.3. The van der Waals surface area contributed by atoms with Gasteiger partial charge in [-0.05, 0) is 70.8 Å². The topological polar surface area (TPSA) is 83.5 Å². The van der Waals surface area contributed by atoms with Crippen LogP contribution in [-0.4, -0.2) is 31.7 Å². The first-order valence-electron chi connectivity index (χ1n) is 11.0. The van der Waals surface area contributed by atoms with Crippen LogP contribution in [-0.2, 0) is 23.0 Å². The predicted molar refractivity (Wildman–Crippen MR) is 138 cm³/mol. The Morgan fingerprint density at radius 2 is 1.57 bits per heavy atom. The molecule has 1 heterocycles. The molecular weight excluding hydrogens is 528 g/mol. The van der Waals surface area contributed by atoms with Crippen molar-refractivity contribution in [1.29, 1.82) is 0 Å². The molecule has 1 aliphatic rings. The van der Waals surface area contributed by atoms with Crippen LogP contribution in [0.2, 0.25) is 0 Å². The van der Waals surface area contributed by atoms with E-state index in [0.717, 1.165) is 27.2 Å². The van der Waals surface area contributed by atoms with E-state index >= 15 is 0 Å². The molecule has 1 aliphatic heterocycles. The number of hydrogen-bond acceptors (Lipinski definition) is 4. The maximum atomic E-state index is 13.2. The Labute approximate surface area is 211 Å². The molecule has 0 atom stereocenters. The third-order valence-electron chi connectivity index (χ3n) is 6.10. The highest BCUT2D eigenvalue weighted by Gasteiger charge is 2.24. The summed E-state index contributed by atoms with van der Waals surface area (Å²) in [7, 11) is -4.09. The van der Waals surface area contributed by atoms with Gasteiger partial charge in [-0.2, -0.15) is 0 Å². The smallest absolute Gasteiger partial charge is 0.265 e. The number of rotatable bonds is 4. The molecule has 35 heavy (non-hydrogen) atoms. The van der Waals surface area contributed by atoms with Crippen LogP contribution in [0.3, 0.4) is 0 Å². The van der Waals surface area contributed by atoms with Gasteiger partial charge >= 0.3 is 0 Å². The fourth-order valence-electron chi connectivity index (χ4n) is 4.25. The highest BCUT2D eigenvalue weighted by Crippen LogP contribution is 2.24. The normalized spacial score (nSPS) is 13.3. The molecule has 0 saturated heterocycles. The number of sulfonamides is 1. The van der Waals surface area contributed by atoms with E-state index in [1.165, 1.54) is 29.8 Å². The van der Waals surface area contributed by atoms with Crippen molar-refractivity contribution in [3.05, 3.63) is 112 Å². The van der Waals surface area contributed by atoms with E-state index in [-0.39, 0.29) is 16.4 Å². The average Bonchev–Trinajstić information content (AvgIpc) is 2.87. The summed E-state index contributed by atoms with van der Waals surface area (Å²) in [6, 6.07) is 24.3. The van der Waals surface area contributed by atoms with Gasteiger partial charge in [-0.25, -0.2) is 13.1 Å². The van der Waals surface area contributed by atoms with Crippen molar-refractivity contribution in [2.75, 3.05) is 6.54 Å². The molecule has 4 aromatic rings. The third kappa shape index (κ3) is 4.85. The maximum Gasteiger partial charge on any atom is 0.265 e. The van der Waals surface area contributed by atoms with E-state index in [0.29, 0.717) is 18.7 Å². The molecule has 0 spiro atoms. The number of hydrogen-bond donors (Lipinski definition) is 1. The highest BCUT2D eigenvalue weighted by atomic mass is 79.9. The van der Waals surface area contributed by atoms with Crippen molar-refractivity contribution >= 4 is 48.5 Å². The Hall–Kier alpha value is -3.49. The molecule has 0 aromatic heterocycles. The molecule has 5 rings (SSSR count). The average molecular weight is 549 g/mol. The Kier molecular flexibility index (Phi) is 6.17. The minimum Gasteiger partial charge on any atom is -0.334 e. The second kappa shape index (κ2) is 9.28. The van der Waals surface area contributed by atoms with Gasteiger partial charge in [-0.15, -0.1) is 0 Å². The SMILES string of the molecule is O=C(NS(=O)(=O)c1ccc2ccccc2c1)c1cccc(C(=O)N2CCc3ccc(Br)cc3C2)c1. The molecule has 1 N–H and O–H groups in total. The lowest BCUT2D eigenvalue weighted by molar-refractivity contribution is 0.0734. The fraction of sp³-hybridized carbons (Fsp3) is 0.111. The molecule has 0 radical (unpaired) electrons. The summed E-state index contributed by atoms with van der Waals surface area (Å²) in [4.78, 5) is 27.7. The van der Waals surface area contributed by atoms with Crippen molar-refractivity contribution in [2.45, 2.75) is 17.9 Å². The number of carbonyl (C=O) groups excluding carboxylic acids is 2. The van der Waals surface area contributed by atoms with Crippen LogP contribution >= 0.6 is 15.9 Å². The lowest BCUT2D eigenvalue weighted by Crippen LogP contribution is -2.36. The van der Waals surface area contributed by atoms with Gasteiger partial charge in [0.05, 0.1) is 4.90 Å². The van der Waals surface area contributed by atoms with Crippen LogP contribution in [0, 0.1) is 0 Å². The third-order valence-corrected chi connectivity index (χ3v) is 7.92. The standard InChI is InChI=1S/C27H21BrN2O4S/c28-24-10-8-19-12-13-30(17-23(19)15-24)27(32)22-7-3-6-21(14-22)26(31)29-35(33,34)25-11-9-18-4-1-2-5-20(18)16-25/h1-11,14-16H,12-13,17H2,(H,29,31). The lowest BCUT2D eigenvalue weighted by Gasteiger charge is -2.29. The zero-order valence-electron chi connectivity index (χ0n) is 18.6. The number of fused-ring (bicyclic) bond motifs is 2. The van der Waals surface area contributed by atoms with Gasteiger partial charge in [-0.1, -0.05) is 58.4 Å². The largest absolute Gasteiger partial charge is 0.334 e. The van der Waals surface area contributed by atoms with Gasteiger partial charge in [0.25, 0.3) is 21.8 Å². The molecule has 0 fully saturated rings. The van der Waals surface area contributed by atoms with Crippen molar-refractivity contribution in [2.24, 2.45) is 0 Å². The zero-order chi connectivity index (χ0) is 24.6. The number of carbonyl (C=O) groups is 2. The van der Waals surface area contributed by atoms with Gasteiger partial charge < -0.3 is 4.90 Å². The molecule has 0 bridgehead atoms. The van der Waals surface area contributed by atoms with Crippen molar-refractivity contribution in [3.63, 3.8) is 0 Å². The van der Waals surface area contributed by atoms with Gasteiger partial charge in [0.2, 0.25) is 0 Å². The van der Waals surface area contributed by atoms with E-state index in [9.17, 15) is 18.0 Å². The number of nitrogens with one attached hydrogen (secondary N) is 1. The van der Waals surface area contributed by atoms with Crippen molar-refractivity contribution < 1.29 is 18.0 Å². The van der Waals surface area contributed by atoms with Gasteiger partial charge in [0.15, 0.2) is 0 Å². The molecule has 0 unspecified atom stereocenters. The summed E-state index contributed by atoms with van der Waals surface area (Å²) < 4.78 is 28.8. The second-order valence-electron chi connectivity index (χ2n) is 8.41. The molecular formula is C27H21BrN2O4S. The first-order chi connectivity index (χ1) is 16.8. The molecule has 6 nitrogen and oxygen atoms in total. The quantitative estimate of drug-likeness (QED) is 0.392. The Morgan fingerprint density at radius 3 is 2.40 bits per heavy atom. The van der Waals surface area contributed by atoms with Crippen molar-refractivity contribution in [1.82, 2.24) is 9.62 Å². The summed E-state index contributed by atoms with van der Waals surface area (Å²) in [6.45, 7) is 1.04. The Morgan fingerprint density at radius 1 is 0.800 bits per heavy atom. The van der Waals surface area contributed by atoms with E-state index in [1.807, 2.05) is 36.4 Å². The molecule has 8 heteroatoms. The van der Waals surface area contributed by atoms with Crippen LogP contribution in [0.4, 0.5) is 0 Å². The number of benzene rings is 4. The minimum absolute atomic E-state index is 0.00470. The zero-order valence-corrected chi connectivity index (χ0v) is 21.0. The maximum absolute atomic E-state index is 13.2. The Balaban J connectivity index is 1.34. The Bertz CT molecular complexity index is 1580. The lowest BCUT2D eigenvalue weighted by atomic mass is 9.99.